The van der Waals surface area contributed by atoms with Gasteiger partial charge in [-0.3, -0.25) is 0 Å². The lowest BCUT2D eigenvalue weighted by Gasteiger charge is -2.62. The molecule has 0 aliphatic heterocycles. The van der Waals surface area contributed by atoms with E-state index in [1.165, 1.54) is 31.2 Å². The van der Waals surface area contributed by atoms with Crippen LogP contribution >= 0.6 is 0 Å². The topological polar surface area (TPSA) is 69.1 Å². The quantitative estimate of drug-likeness (QED) is 0.474. The number of aromatic nitrogens is 2. The molecule has 0 saturated heterocycles. The predicted molar refractivity (Wildman–Crippen MR) is 141 cm³/mol. The van der Waals surface area contributed by atoms with Crippen molar-refractivity contribution in [3.8, 4) is 0 Å². The zero-order chi connectivity index (χ0) is 24.5. The minimum Gasteiger partial charge on any atom is -0.393 e. The van der Waals surface area contributed by atoms with E-state index < -0.39 is 0 Å². The van der Waals surface area contributed by atoms with Crippen molar-refractivity contribution in [3.05, 3.63) is 29.6 Å². The molecule has 6 unspecified atom stereocenters. The fraction of sp³-hybridized carbons (Fsp3) is 0.774. The molecule has 4 aliphatic rings. The average molecular weight is 479 g/mol. The Labute approximate surface area is 211 Å². The Bertz CT molecular complexity index is 1080. The third kappa shape index (κ3) is 3.72. The van der Waals surface area contributed by atoms with Crippen LogP contribution in [0.4, 0.5) is 0 Å². The molecule has 0 amide bonds. The molecule has 2 aromatic rings. The highest BCUT2D eigenvalue weighted by Gasteiger charge is 2.63. The van der Waals surface area contributed by atoms with Crippen molar-refractivity contribution in [3.63, 3.8) is 0 Å². The van der Waals surface area contributed by atoms with Crippen molar-refractivity contribution >= 4 is 11.0 Å². The lowest BCUT2D eigenvalue weighted by Crippen LogP contribution is -2.58. The minimum absolute atomic E-state index is 0.0446. The average Bonchev–Trinajstić information content (AvgIpc) is 3.40. The van der Waals surface area contributed by atoms with E-state index >= 15 is 0 Å². The van der Waals surface area contributed by atoms with Crippen LogP contribution in [0.1, 0.15) is 89.9 Å². The Morgan fingerprint density at radius 3 is 2.71 bits per heavy atom. The highest BCUT2D eigenvalue weighted by atomic mass is 16.3. The van der Waals surface area contributed by atoms with E-state index in [0.29, 0.717) is 35.0 Å². The first-order valence-electron chi connectivity index (χ1n) is 14.5. The summed E-state index contributed by atoms with van der Waals surface area (Å²) in [7, 11) is 0. The maximum atomic E-state index is 11.8. The molecular weight excluding hydrogens is 432 g/mol. The van der Waals surface area contributed by atoms with Crippen LogP contribution in [0, 0.1) is 53.3 Å². The van der Waals surface area contributed by atoms with Crippen molar-refractivity contribution in [1.82, 2.24) is 9.97 Å². The SMILES string of the molecule is Cc1ccc2nc(CCC(C)C3CCC4C5CC[C@@H]6CC(O)CC[C@]6(C)C5C[C@H](O)[C@]34C)[nH]c2c1. The number of benzene rings is 1. The van der Waals surface area contributed by atoms with Gasteiger partial charge in [0, 0.05) is 6.42 Å². The Morgan fingerprint density at radius 2 is 1.89 bits per heavy atom. The Morgan fingerprint density at radius 1 is 1.06 bits per heavy atom. The first-order valence-corrected chi connectivity index (χ1v) is 14.5. The van der Waals surface area contributed by atoms with Crippen molar-refractivity contribution < 1.29 is 10.2 Å². The molecule has 1 aromatic carbocycles. The van der Waals surface area contributed by atoms with Crippen LogP contribution in [-0.2, 0) is 6.42 Å². The number of H-pyrrole nitrogens is 1. The van der Waals surface area contributed by atoms with Crippen molar-refractivity contribution in [1.29, 1.82) is 0 Å². The molecule has 4 fully saturated rings. The van der Waals surface area contributed by atoms with Gasteiger partial charge in [-0.15, -0.1) is 0 Å². The van der Waals surface area contributed by atoms with Crippen LogP contribution in [0.15, 0.2) is 18.2 Å². The Balaban J connectivity index is 1.18. The van der Waals surface area contributed by atoms with Gasteiger partial charge in [0.25, 0.3) is 0 Å². The molecule has 192 valence electrons. The van der Waals surface area contributed by atoms with E-state index in [1.54, 1.807) is 0 Å². The number of aliphatic hydroxyl groups excluding tert-OH is 2. The number of aliphatic hydroxyl groups is 2. The lowest BCUT2D eigenvalue weighted by atomic mass is 9.43. The van der Waals surface area contributed by atoms with Gasteiger partial charge in [-0.05, 0) is 129 Å². The molecule has 4 aliphatic carbocycles. The first-order chi connectivity index (χ1) is 16.7. The number of hydrogen-bond donors (Lipinski definition) is 3. The van der Waals surface area contributed by atoms with Gasteiger partial charge in [-0.1, -0.05) is 26.8 Å². The van der Waals surface area contributed by atoms with Gasteiger partial charge in [0.15, 0.2) is 0 Å². The van der Waals surface area contributed by atoms with Gasteiger partial charge in [0.1, 0.15) is 5.82 Å². The van der Waals surface area contributed by atoms with E-state index in [9.17, 15) is 10.2 Å². The van der Waals surface area contributed by atoms with Crippen LogP contribution in [0.3, 0.4) is 0 Å². The molecule has 4 nitrogen and oxygen atoms in total. The van der Waals surface area contributed by atoms with Gasteiger partial charge in [0.05, 0.1) is 23.2 Å². The number of fused-ring (bicyclic) bond motifs is 6. The molecule has 0 bridgehead atoms. The van der Waals surface area contributed by atoms with Crippen molar-refractivity contribution in [2.24, 2.45) is 46.3 Å². The van der Waals surface area contributed by atoms with Crippen LogP contribution in [-0.4, -0.2) is 32.4 Å². The fourth-order valence-corrected chi connectivity index (χ4v) is 10.0. The predicted octanol–water partition coefficient (Wildman–Crippen LogP) is 6.43. The van der Waals surface area contributed by atoms with Gasteiger partial charge in [-0.2, -0.15) is 0 Å². The Hall–Kier alpha value is -1.39. The second-order valence-corrected chi connectivity index (χ2v) is 13.6. The number of aryl methyl sites for hydroxylation is 2. The summed E-state index contributed by atoms with van der Waals surface area (Å²) in [5.74, 6) is 4.98. The van der Waals surface area contributed by atoms with Crippen LogP contribution < -0.4 is 0 Å². The molecule has 35 heavy (non-hydrogen) atoms. The summed E-state index contributed by atoms with van der Waals surface area (Å²) in [6.07, 6.45) is 11.0. The van der Waals surface area contributed by atoms with E-state index in [2.05, 4.69) is 50.9 Å². The summed E-state index contributed by atoms with van der Waals surface area (Å²) < 4.78 is 0. The molecule has 1 aromatic heterocycles. The van der Waals surface area contributed by atoms with Crippen molar-refractivity contribution in [2.45, 2.75) is 104 Å². The Kier molecular flexibility index (Phi) is 5.88. The molecule has 6 rings (SSSR count). The van der Waals surface area contributed by atoms with Crippen LogP contribution in [0.2, 0.25) is 0 Å². The number of aromatic amines is 1. The molecule has 10 atom stereocenters. The van der Waals surface area contributed by atoms with Crippen LogP contribution in [0.25, 0.3) is 11.0 Å². The lowest BCUT2D eigenvalue weighted by molar-refractivity contribution is -0.174. The maximum absolute atomic E-state index is 11.8. The normalized spacial score (nSPS) is 44.0. The van der Waals surface area contributed by atoms with Crippen molar-refractivity contribution in [2.75, 3.05) is 0 Å². The first kappa shape index (κ1) is 24.0. The van der Waals surface area contributed by atoms with E-state index in [1.807, 2.05) is 0 Å². The van der Waals surface area contributed by atoms with E-state index in [-0.39, 0.29) is 17.6 Å². The third-order valence-corrected chi connectivity index (χ3v) is 12.0. The summed E-state index contributed by atoms with van der Waals surface area (Å²) in [5, 5.41) is 22.1. The minimum atomic E-state index is -0.194. The molecule has 4 saturated carbocycles. The molecule has 1 heterocycles. The summed E-state index contributed by atoms with van der Waals surface area (Å²) in [6, 6.07) is 6.44. The fourth-order valence-electron chi connectivity index (χ4n) is 10.0. The molecule has 3 N–H and O–H groups in total. The standard InChI is InChI=1S/C31H46N2O2/c1-18-5-11-26-27(15-18)33-29(32-26)12-6-19(2)23-9-10-24-22-8-7-20-16-21(34)13-14-30(20,3)25(22)17-28(35)31(23,24)4/h5,11,15,19-25,28,34-35H,6-10,12-14,16-17H2,1-4H3,(H,32,33)/t19?,20-,21?,22?,23?,24?,25?,28+,30+,31-/m1/s1. The maximum Gasteiger partial charge on any atom is 0.107 e. The highest BCUT2D eigenvalue weighted by Crippen LogP contribution is 2.68. The largest absolute Gasteiger partial charge is 0.393 e. The third-order valence-electron chi connectivity index (χ3n) is 12.0. The molecule has 0 radical (unpaired) electrons. The van der Waals surface area contributed by atoms with Crippen LogP contribution in [0.5, 0.6) is 0 Å². The molecular formula is C31H46N2O2. The zero-order valence-corrected chi connectivity index (χ0v) is 22.3. The number of nitrogens with zero attached hydrogens (tertiary/aromatic N) is 1. The second-order valence-electron chi connectivity index (χ2n) is 13.6. The second kappa shape index (κ2) is 8.58. The van der Waals surface area contributed by atoms with Gasteiger partial charge < -0.3 is 15.2 Å². The number of rotatable bonds is 4. The summed E-state index contributed by atoms with van der Waals surface area (Å²) in [6.45, 7) is 9.53. The summed E-state index contributed by atoms with van der Waals surface area (Å²) in [5.41, 5.74) is 3.84. The highest BCUT2D eigenvalue weighted by molar-refractivity contribution is 5.75. The smallest absolute Gasteiger partial charge is 0.107 e. The van der Waals surface area contributed by atoms with Gasteiger partial charge in [-0.25, -0.2) is 4.98 Å². The molecule has 0 spiro atoms. The summed E-state index contributed by atoms with van der Waals surface area (Å²) in [4.78, 5) is 8.40. The monoisotopic (exact) mass is 478 g/mol. The number of nitrogens with one attached hydrogen (secondary N) is 1. The molecule has 4 heteroatoms. The van der Waals surface area contributed by atoms with E-state index in [4.69, 9.17) is 4.98 Å². The van der Waals surface area contributed by atoms with Gasteiger partial charge >= 0.3 is 0 Å². The number of hydrogen-bond acceptors (Lipinski definition) is 3. The van der Waals surface area contributed by atoms with Gasteiger partial charge in [0.2, 0.25) is 0 Å². The zero-order valence-electron chi connectivity index (χ0n) is 22.3. The number of imidazole rings is 1. The summed E-state index contributed by atoms with van der Waals surface area (Å²) >= 11 is 0. The van der Waals surface area contributed by atoms with E-state index in [0.717, 1.165) is 61.3 Å².